The molecule has 214 valence electrons. The second-order valence-electron chi connectivity index (χ2n) is 14.5. The standard InChI is InChI=1S/C34H51N3O2/c1-23-19-26(22-35-21-23)36-15-17-37(18-16-36)32(39)10-5-24(2)29-8-9-30-28-7-6-25-20-27(38)11-13-33(25,3)31(28)12-14-34(29,30)4/h6,19,21-22,24,27-31,38H,5,7-18,20H2,1-4H3/t24?,27-,28-,29+,30-,31-,33-,34+/m0/s1. The van der Waals surface area contributed by atoms with Crippen LogP contribution in [-0.2, 0) is 4.79 Å². The first kappa shape index (κ1) is 27.3. The van der Waals surface area contributed by atoms with Gasteiger partial charge in [0.1, 0.15) is 0 Å². The maximum absolute atomic E-state index is 13.2. The van der Waals surface area contributed by atoms with Gasteiger partial charge < -0.3 is 14.9 Å². The fraction of sp³-hybridized carbons (Fsp3) is 0.765. The molecule has 0 aromatic carbocycles. The second kappa shape index (κ2) is 10.5. The van der Waals surface area contributed by atoms with Gasteiger partial charge in [-0.3, -0.25) is 9.78 Å². The van der Waals surface area contributed by atoms with E-state index in [9.17, 15) is 9.90 Å². The van der Waals surface area contributed by atoms with Gasteiger partial charge in [0.05, 0.1) is 18.0 Å². The molecule has 1 aliphatic heterocycles. The summed E-state index contributed by atoms with van der Waals surface area (Å²) in [6.07, 6.45) is 17.7. The van der Waals surface area contributed by atoms with Crippen LogP contribution >= 0.6 is 0 Å². The van der Waals surface area contributed by atoms with E-state index < -0.39 is 0 Å². The molecule has 1 aromatic heterocycles. The van der Waals surface area contributed by atoms with Crippen LogP contribution in [0, 0.1) is 47.3 Å². The van der Waals surface area contributed by atoms with Gasteiger partial charge in [-0.15, -0.1) is 0 Å². The predicted octanol–water partition coefficient (Wildman–Crippen LogP) is 6.39. The molecule has 1 amide bonds. The summed E-state index contributed by atoms with van der Waals surface area (Å²) in [5.74, 6) is 4.14. The van der Waals surface area contributed by atoms with Gasteiger partial charge in [0.2, 0.25) is 5.91 Å². The largest absolute Gasteiger partial charge is 0.393 e. The van der Waals surface area contributed by atoms with E-state index >= 15 is 0 Å². The molecule has 3 saturated carbocycles. The number of hydrogen-bond acceptors (Lipinski definition) is 4. The number of amides is 1. The van der Waals surface area contributed by atoms with Gasteiger partial charge in [0.25, 0.3) is 0 Å². The summed E-state index contributed by atoms with van der Waals surface area (Å²) in [4.78, 5) is 22.0. The number of anilines is 1. The summed E-state index contributed by atoms with van der Waals surface area (Å²) in [5, 5.41) is 10.3. The summed E-state index contributed by atoms with van der Waals surface area (Å²) in [5.41, 5.74) is 4.68. The molecule has 0 spiro atoms. The first-order valence-electron chi connectivity index (χ1n) is 16.0. The van der Waals surface area contributed by atoms with E-state index in [1.54, 1.807) is 5.57 Å². The van der Waals surface area contributed by atoms with Crippen molar-refractivity contribution in [2.45, 2.75) is 98.0 Å². The van der Waals surface area contributed by atoms with Gasteiger partial charge in [-0.2, -0.15) is 0 Å². The zero-order valence-electron chi connectivity index (χ0n) is 24.9. The Morgan fingerprint density at radius 1 is 1.08 bits per heavy atom. The molecule has 5 aliphatic rings. The van der Waals surface area contributed by atoms with Crippen molar-refractivity contribution in [3.05, 3.63) is 35.7 Å². The molecule has 1 unspecified atom stereocenters. The van der Waals surface area contributed by atoms with Gasteiger partial charge >= 0.3 is 0 Å². The lowest BCUT2D eigenvalue weighted by Crippen LogP contribution is -2.51. The van der Waals surface area contributed by atoms with Crippen molar-refractivity contribution in [1.29, 1.82) is 0 Å². The lowest BCUT2D eigenvalue weighted by atomic mass is 9.47. The van der Waals surface area contributed by atoms with E-state index in [1.165, 1.54) is 49.8 Å². The first-order chi connectivity index (χ1) is 18.7. The van der Waals surface area contributed by atoms with Gasteiger partial charge in [0.15, 0.2) is 0 Å². The number of carbonyl (C=O) groups is 1. The molecule has 8 atom stereocenters. The Morgan fingerprint density at radius 2 is 1.87 bits per heavy atom. The molecule has 4 aliphatic carbocycles. The molecule has 5 heteroatoms. The highest BCUT2D eigenvalue weighted by molar-refractivity contribution is 5.76. The van der Waals surface area contributed by atoms with Gasteiger partial charge in [-0.05, 0) is 117 Å². The van der Waals surface area contributed by atoms with Crippen LogP contribution in [0.15, 0.2) is 30.1 Å². The van der Waals surface area contributed by atoms with Crippen molar-refractivity contribution >= 4 is 11.6 Å². The minimum atomic E-state index is -0.122. The number of carbonyl (C=O) groups excluding carboxylic acids is 1. The molecule has 6 rings (SSSR count). The molecule has 2 heterocycles. The van der Waals surface area contributed by atoms with Crippen molar-refractivity contribution in [1.82, 2.24) is 9.88 Å². The topological polar surface area (TPSA) is 56.7 Å². The number of piperazine rings is 1. The van der Waals surface area contributed by atoms with Crippen LogP contribution in [0.5, 0.6) is 0 Å². The number of aryl methyl sites for hydroxylation is 1. The maximum Gasteiger partial charge on any atom is 0.222 e. The minimum Gasteiger partial charge on any atom is -0.393 e. The van der Waals surface area contributed by atoms with Crippen LogP contribution in [0.4, 0.5) is 5.69 Å². The number of fused-ring (bicyclic) bond motifs is 5. The highest BCUT2D eigenvalue weighted by atomic mass is 16.3. The Bertz CT molecular complexity index is 1090. The normalized spacial score (nSPS) is 38.9. The number of aromatic nitrogens is 1. The molecule has 39 heavy (non-hydrogen) atoms. The lowest BCUT2D eigenvalue weighted by molar-refractivity contribution is -0.132. The van der Waals surface area contributed by atoms with Crippen molar-refractivity contribution in [3.63, 3.8) is 0 Å². The smallest absolute Gasteiger partial charge is 0.222 e. The molecule has 1 saturated heterocycles. The SMILES string of the molecule is Cc1cncc(N2CCN(C(=O)CCC(C)[C@H]3CC[C@H]4[C@@H]5CC=C6C[C@@H](O)CC[C@]6(C)[C@H]5CC[C@]34C)CC2)c1. The number of pyridine rings is 1. The van der Waals surface area contributed by atoms with E-state index in [0.717, 1.165) is 69.1 Å². The molecule has 1 N–H and O–H groups in total. The molecular formula is C34H51N3O2. The molecule has 5 nitrogen and oxygen atoms in total. The van der Waals surface area contributed by atoms with E-state index in [1.807, 2.05) is 12.4 Å². The molecular weight excluding hydrogens is 482 g/mol. The Balaban J connectivity index is 1.04. The van der Waals surface area contributed by atoms with Crippen LogP contribution in [0.2, 0.25) is 0 Å². The van der Waals surface area contributed by atoms with Gasteiger partial charge in [0, 0.05) is 38.8 Å². The van der Waals surface area contributed by atoms with Gasteiger partial charge in [-0.1, -0.05) is 32.4 Å². The molecule has 0 bridgehead atoms. The summed E-state index contributed by atoms with van der Waals surface area (Å²) < 4.78 is 0. The average molecular weight is 534 g/mol. The van der Waals surface area contributed by atoms with Crippen LogP contribution < -0.4 is 4.90 Å². The van der Waals surface area contributed by atoms with E-state index in [2.05, 4.69) is 54.6 Å². The lowest BCUT2D eigenvalue weighted by Gasteiger charge is -2.58. The van der Waals surface area contributed by atoms with Crippen molar-refractivity contribution in [2.24, 2.45) is 40.4 Å². The van der Waals surface area contributed by atoms with Crippen molar-refractivity contribution in [2.75, 3.05) is 31.1 Å². The zero-order chi connectivity index (χ0) is 27.4. The second-order valence-corrected chi connectivity index (χ2v) is 14.5. The van der Waals surface area contributed by atoms with Gasteiger partial charge in [-0.25, -0.2) is 0 Å². The number of hydrogen-bond donors (Lipinski definition) is 1. The van der Waals surface area contributed by atoms with Crippen LogP contribution in [0.3, 0.4) is 0 Å². The Kier molecular flexibility index (Phi) is 7.35. The number of allylic oxidation sites excluding steroid dienone is 1. The summed E-state index contributed by atoms with van der Waals surface area (Å²) in [7, 11) is 0. The zero-order valence-corrected chi connectivity index (χ0v) is 24.9. The van der Waals surface area contributed by atoms with Crippen molar-refractivity contribution < 1.29 is 9.90 Å². The molecule has 0 radical (unpaired) electrons. The summed E-state index contributed by atoms with van der Waals surface area (Å²) in [6, 6.07) is 2.19. The fourth-order valence-corrected chi connectivity index (χ4v) is 10.3. The third kappa shape index (κ3) is 4.85. The Labute approximate surface area is 236 Å². The van der Waals surface area contributed by atoms with Crippen LogP contribution in [-0.4, -0.2) is 53.2 Å². The number of aliphatic hydroxyl groups excluding tert-OH is 1. The van der Waals surface area contributed by atoms with Crippen LogP contribution in [0.1, 0.15) is 90.5 Å². The molecule has 4 fully saturated rings. The average Bonchev–Trinajstić information content (AvgIpc) is 3.29. The first-order valence-corrected chi connectivity index (χ1v) is 16.0. The van der Waals surface area contributed by atoms with Crippen LogP contribution in [0.25, 0.3) is 0 Å². The Morgan fingerprint density at radius 3 is 2.64 bits per heavy atom. The van der Waals surface area contributed by atoms with E-state index in [-0.39, 0.29) is 6.10 Å². The van der Waals surface area contributed by atoms with E-state index in [4.69, 9.17) is 0 Å². The minimum absolute atomic E-state index is 0.122. The third-order valence-electron chi connectivity index (χ3n) is 12.5. The number of aliphatic hydroxyl groups is 1. The van der Waals surface area contributed by atoms with E-state index in [0.29, 0.717) is 29.1 Å². The fourth-order valence-electron chi connectivity index (χ4n) is 10.3. The highest BCUT2D eigenvalue weighted by Crippen LogP contribution is 2.67. The summed E-state index contributed by atoms with van der Waals surface area (Å²) >= 11 is 0. The third-order valence-corrected chi connectivity index (χ3v) is 12.5. The number of rotatable bonds is 5. The summed E-state index contributed by atoms with van der Waals surface area (Å²) in [6.45, 7) is 13.1. The quantitative estimate of drug-likeness (QED) is 0.445. The molecule has 1 aromatic rings. The number of nitrogens with zero attached hydrogens (tertiary/aromatic N) is 3. The Hall–Kier alpha value is -1.88. The van der Waals surface area contributed by atoms with Crippen molar-refractivity contribution in [3.8, 4) is 0 Å². The predicted molar refractivity (Wildman–Crippen MR) is 157 cm³/mol. The monoisotopic (exact) mass is 533 g/mol. The highest BCUT2D eigenvalue weighted by Gasteiger charge is 2.59. The maximum atomic E-state index is 13.2.